The first-order valence-corrected chi connectivity index (χ1v) is 4.44. The number of hydrogen-bond acceptors (Lipinski definition) is 1. The molecule has 12 heavy (non-hydrogen) atoms. The Labute approximate surface area is 75.4 Å². The van der Waals surface area contributed by atoms with Gasteiger partial charge in [-0.3, -0.25) is 0 Å². The maximum Gasteiger partial charge on any atom is 0.0947 e. The second-order valence-corrected chi connectivity index (χ2v) is 3.15. The van der Waals surface area contributed by atoms with Gasteiger partial charge in [-0.15, -0.1) is 0 Å². The van der Waals surface area contributed by atoms with Gasteiger partial charge in [0.25, 0.3) is 0 Å². The Bertz CT molecular complexity index is 212. The fraction of sp³-hybridized carbons (Fsp3) is 0.545. The molecular formula is C11H17N. The molecule has 0 rings (SSSR count). The number of nitrogens with zero attached hydrogens (tertiary/aromatic N) is 1. The monoisotopic (exact) mass is 163 g/mol. The minimum atomic E-state index is 0.887. The summed E-state index contributed by atoms with van der Waals surface area (Å²) < 4.78 is 0. The molecule has 0 fully saturated rings. The van der Waals surface area contributed by atoms with Crippen LogP contribution in [0.5, 0.6) is 0 Å². The summed E-state index contributed by atoms with van der Waals surface area (Å²) in [7, 11) is 0. The van der Waals surface area contributed by atoms with Crippen molar-refractivity contribution in [1.82, 2.24) is 0 Å². The third kappa shape index (κ3) is 5.73. The first-order chi connectivity index (χ1) is 5.70. The highest BCUT2D eigenvalue weighted by Crippen LogP contribution is 2.06. The molecule has 0 unspecified atom stereocenters. The van der Waals surface area contributed by atoms with Crippen molar-refractivity contribution < 1.29 is 0 Å². The zero-order valence-electron chi connectivity index (χ0n) is 8.22. The number of unbranched alkanes of at least 4 members (excludes halogenated alkanes) is 1. The predicted molar refractivity (Wildman–Crippen MR) is 52.7 cm³/mol. The molecule has 0 aliphatic carbocycles. The molecule has 0 N–H and O–H groups in total. The molecule has 0 aliphatic rings. The Balaban J connectivity index is 4.07. The maximum absolute atomic E-state index is 8.72. The van der Waals surface area contributed by atoms with Gasteiger partial charge in [-0.1, -0.05) is 25.0 Å². The lowest BCUT2D eigenvalue weighted by Crippen LogP contribution is -1.78. The van der Waals surface area contributed by atoms with Gasteiger partial charge in [0.2, 0.25) is 0 Å². The van der Waals surface area contributed by atoms with Crippen LogP contribution in [-0.2, 0) is 0 Å². The van der Waals surface area contributed by atoms with E-state index in [0.29, 0.717) is 0 Å². The second-order valence-electron chi connectivity index (χ2n) is 3.15. The minimum Gasteiger partial charge on any atom is -0.193 e. The van der Waals surface area contributed by atoms with Crippen molar-refractivity contribution in [3.8, 4) is 6.07 Å². The standard InChI is InChI=1S/C11H17N/c1-4-5-6-11(9-12)8-7-10(2)3/h7-8H,4-6H2,1-3H3/b11-8+. The van der Waals surface area contributed by atoms with Crippen molar-refractivity contribution >= 4 is 0 Å². The average molecular weight is 163 g/mol. The lowest BCUT2D eigenvalue weighted by Gasteiger charge is -1.93. The molecule has 0 heterocycles. The summed E-state index contributed by atoms with van der Waals surface area (Å²) in [5, 5.41) is 8.72. The molecule has 0 saturated carbocycles. The molecule has 1 nitrogen and oxygen atoms in total. The lowest BCUT2D eigenvalue weighted by molar-refractivity contribution is 0.799. The van der Waals surface area contributed by atoms with Crippen LogP contribution in [0.1, 0.15) is 40.0 Å². The minimum absolute atomic E-state index is 0.887. The van der Waals surface area contributed by atoms with Crippen LogP contribution >= 0.6 is 0 Å². The summed E-state index contributed by atoms with van der Waals surface area (Å²) in [6, 6.07) is 2.21. The van der Waals surface area contributed by atoms with Gasteiger partial charge in [0.1, 0.15) is 0 Å². The summed E-state index contributed by atoms with van der Waals surface area (Å²) in [4.78, 5) is 0. The molecule has 0 radical (unpaired) electrons. The summed E-state index contributed by atoms with van der Waals surface area (Å²) in [5.74, 6) is 0. The molecule has 0 amide bonds. The van der Waals surface area contributed by atoms with Crippen LogP contribution < -0.4 is 0 Å². The van der Waals surface area contributed by atoms with E-state index in [-0.39, 0.29) is 0 Å². The van der Waals surface area contributed by atoms with Gasteiger partial charge in [0.15, 0.2) is 0 Å². The van der Waals surface area contributed by atoms with Crippen molar-refractivity contribution in [3.05, 3.63) is 23.3 Å². The zero-order valence-corrected chi connectivity index (χ0v) is 8.22. The van der Waals surface area contributed by atoms with Crippen LogP contribution in [0.3, 0.4) is 0 Å². The number of allylic oxidation sites excluding steroid dienone is 4. The fourth-order valence-corrected chi connectivity index (χ4v) is 0.811. The van der Waals surface area contributed by atoms with Crippen molar-refractivity contribution in [1.29, 1.82) is 5.26 Å². The molecule has 1 heteroatoms. The molecule has 0 spiro atoms. The molecule has 0 saturated heterocycles. The van der Waals surface area contributed by atoms with Gasteiger partial charge in [-0.25, -0.2) is 0 Å². The third-order valence-corrected chi connectivity index (χ3v) is 1.56. The summed E-state index contributed by atoms with van der Waals surface area (Å²) in [6.45, 7) is 6.20. The molecule has 0 aromatic rings. The number of hydrogen-bond donors (Lipinski definition) is 0. The normalized spacial score (nSPS) is 10.7. The van der Waals surface area contributed by atoms with E-state index in [9.17, 15) is 0 Å². The quantitative estimate of drug-likeness (QED) is 0.459. The van der Waals surface area contributed by atoms with Gasteiger partial charge in [-0.2, -0.15) is 5.26 Å². The van der Waals surface area contributed by atoms with Gasteiger partial charge in [-0.05, 0) is 32.8 Å². The first kappa shape index (κ1) is 11.0. The van der Waals surface area contributed by atoms with E-state index in [1.807, 2.05) is 26.0 Å². The largest absolute Gasteiger partial charge is 0.193 e. The SMILES string of the molecule is CCCC/C(C#N)=C\C=C(C)C. The lowest BCUT2D eigenvalue weighted by atomic mass is 10.1. The highest BCUT2D eigenvalue weighted by molar-refractivity contribution is 5.26. The van der Waals surface area contributed by atoms with E-state index < -0.39 is 0 Å². The van der Waals surface area contributed by atoms with Crippen LogP contribution in [0.25, 0.3) is 0 Å². The molecule has 0 aromatic heterocycles. The highest BCUT2D eigenvalue weighted by atomic mass is 14.2. The molecule has 0 aliphatic heterocycles. The topological polar surface area (TPSA) is 23.8 Å². The summed E-state index contributed by atoms with van der Waals surface area (Å²) in [6.07, 6.45) is 7.08. The van der Waals surface area contributed by atoms with Gasteiger partial charge >= 0.3 is 0 Å². The molecule has 0 bridgehead atoms. The van der Waals surface area contributed by atoms with Crippen molar-refractivity contribution in [2.75, 3.05) is 0 Å². The number of nitriles is 1. The smallest absolute Gasteiger partial charge is 0.0947 e. The van der Waals surface area contributed by atoms with Crippen molar-refractivity contribution in [2.24, 2.45) is 0 Å². The van der Waals surface area contributed by atoms with Crippen LogP contribution in [0.15, 0.2) is 23.3 Å². The number of rotatable bonds is 4. The Morgan fingerprint density at radius 3 is 2.42 bits per heavy atom. The Hall–Kier alpha value is -1.03. The van der Waals surface area contributed by atoms with Crippen molar-refractivity contribution in [2.45, 2.75) is 40.0 Å². The van der Waals surface area contributed by atoms with Crippen LogP contribution in [-0.4, -0.2) is 0 Å². The van der Waals surface area contributed by atoms with Crippen LogP contribution in [0, 0.1) is 11.3 Å². The third-order valence-electron chi connectivity index (χ3n) is 1.56. The first-order valence-electron chi connectivity index (χ1n) is 4.44. The predicted octanol–water partition coefficient (Wildman–Crippen LogP) is 3.59. The zero-order chi connectivity index (χ0) is 9.40. The molecule has 66 valence electrons. The van der Waals surface area contributed by atoms with Crippen LogP contribution in [0.4, 0.5) is 0 Å². The van der Waals surface area contributed by atoms with Gasteiger partial charge < -0.3 is 0 Å². The van der Waals surface area contributed by atoms with Crippen molar-refractivity contribution in [3.63, 3.8) is 0 Å². The van der Waals surface area contributed by atoms with Gasteiger partial charge in [0, 0.05) is 5.57 Å². The second kappa shape index (κ2) is 6.67. The summed E-state index contributed by atoms with van der Waals surface area (Å²) >= 11 is 0. The van der Waals surface area contributed by atoms with E-state index >= 15 is 0 Å². The summed E-state index contributed by atoms with van der Waals surface area (Å²) in [5.41, 5.74) is 2.12. The van der Waals surface area contributed by atoms with E-state index in [1.54, 1.807) is 0 Å². The van der Waals surface area contributed by atoms with E-state index in [2.05, 4.69) is 13.0 Å². The Morgan fingerprint density at radius 2 is 2.00 bits per heavy atom. The fourth-order valence-electron chi connectivity index (χ4n) is 0.811. The van der Waals surface area contributed by atoms with Gasteiger partial charge in [0.05, 0.1) is 6.07 Å². The molecule has 0 aromatic carbocycles. The Kier molecular flexibility index (Phi) is 6.09. The molecule has 0 atom stereocenters. The van der Waals surface area contributed by atoms with E-state index in [1.165, 1.54) is 5.57 Å². The average Bonchev–Trinajstić information content (AvgIpc) is 2.05. The van der Waals surface area contributed by atoms with E-state index in [4.69, 9.17) is 5.26 Å². The van der Waals surface area contributed by atoms with Crippen LogP contribution in [0.2, 0.25) is 0 Å². The molecular weight excluding hydrogens is 146 g/mol. The maximum atomic E-state index is 8.72. The Morgan fingerprint density at radius 1 is 1.33 bits per heavy atom. The van der Waals surface area contributed by atoms with E-state index in [0.717, 1.165) is 24.8 Å². The highest BCUT2D eigenvalue weighted by Gasteiger charge is 1.91.